The summed E-state index contributed by atoms with van der Waals surface area (Å²) < 4.78 is 6.22. The maximum absolute atomic E-state index is 11.4. The van der Waals surface area contributed by atoms with Crippen molar-refractivity contribution in [2.45, 2.75) is 64.4 Å². The van der Waals surface area contributed by atoms with E-state index in [0.29, 0.717) is 5.92 Å². The first kappa shape index (κ1) is 13.0. The fourth-order valence-electron chi connectivity index (χ4n) is 5.15. The molecule has 2 aliphatic heterocycles. The molecule has 0 unspecified atom stereocenters. The van der Waals surface area contributed by atoms with E-state index in [4.69, 9.17) is 9.57 Å². The average Bonchev–Trinajstić information content (AvgIpc) is 2.99. The van der Waals surface area contributed by atoms with E-state index in [-0.39, 0.29) is 34.5 Å². The molecule has 4 aliphatic rings. The van der Waals surface area contributed by atoms with Crippen molar-refractivity contribution in [3.63, 3.8) is 0 Å². The van der Waals surface area contributed by atoms with Gasteiger partial charge >= 0.3 is 0 Å². The maximum Gasteiger partial charge on any atom is 0.285 e. The van der Waals surface area contributed by atoms with Gasteiger partial charge in [0.05, 0.1) is 12.1 Å². The summed E-state index contributed by atoms with van der Waals surface area (Å²) in [6.07, 6.45) is 1.82. The summed E-state index contributed by atoms with van der Waals surface area (Å²) in [7, 11) is 0. The van der Waals surface area contributed by atoms with Gasteiger partial charge in [-0.05, 0) is 24.2 Å². The molecule has 0 N–H and O–H groups in total. The minimum absolute atomic E-state index is 0.0563. The number of hydrogen-bond donors (Lipinski definition) is 0. The monoisotopic (exact) mass is 282 g/mol. The van der Waals surface area contributed by atoms with Crippen LogP contribution < -0.4 is 0 Å². The molecule has 4 rings (SSSR count). The minimum atomic E-state index is -1.15. The van der Waals surface area contributed by atoms with Gasteiger partial charge in [-0.1, -0.05) is 20.8 Å². The quantitative estimate of drug-likeness (QED) is 0.542. The first-order valence-corrected chi connectivity index (χ1v) is 7.45. The topological polar surface area (TPSA) is 64.8 Å². The molecule has 0 aromatic rings. The lowest BCUT2D eigenvalue weighted by atomic mass is 9.70. The zero-order valence-electron chi connectivity index (χ0n) is 12.5. The summed E-state index contributed by atoms with van der Waals surface area (Å²) in [4.78, 5) is 16.9. The van der Waals surface area contributed by atoms with Crippen molar-refractivity contribution in [3.8, 4) is 0 Å². The number of rotatable bonds is 1. The van der Waals surface area contributed by atoms with Crippen molar-refractivity contribution in [1.82, 2.24) is 5.06 Å². The standard InChI is InChI=1S/C14H22N2O4/c1-12(2)8-5-6-13(12,3)10-9(8)15-11(20-10)14(4,7-19-15)16(17)18/h8-11H,5-7H2,1-4H3/t8-,9-,10-,11+,13+,14+/m1/s1. The van der Waals surface area contributed by atoms with Crippen LogP contribution in [0.1, 0.15) is 40.5 Å². The molecule has 0 amide bonds. The zero-order chi connectivity index (χ0) is 14.5. The molecule has 0 spiro atoms. The van der Waals surface area contributed by atoms with Crippen molar-refractivity contribution in [2.75, 3.05) is 6.61 Å². The van der Waals surface area contributed by atoms with Gasteiger partial charge in [-0.15, -0.1) is 5.06 Å². The molecule has 112 valence electrons. The van der Waals surface area contributed by atoms with Crippen LogP contribution >= 0.6 is 0 Å². The van der Waals surface area contributed by atoms with E-state index in [9.17, 15) is 10.1 Å². The van der Waals surface area contributed by atoms with Crippen molar-refractivity contribution in [3.05, 3.63) is 10.1 Å². The lowest BCUT2D eigenvalue weighted by molar-refractivity contribution is -0.575. The molecule has 6 nitrogen and oxygen atoms in total. The summed E-state index contributed by atoms with van der Waals surface area (Å²) in [5.74, 6) is 0.497. The summed E-state index contributed by atoms with van der Waals surface area (Å²) in [5.41, 5.74) is -0.859. The van der Waals surface area contributed by atoms with Crippen LogP contribution in [0.25, 0.3) is 0 Å². The first-order chi connectivity index (χ1) is 9.23. The summed E-state index contributed by atoms with van der Waals surface area (Å²) in [6, 6.07) is 0.176. The molecular weight excluding hydrogens is 260 g/mol. The van der Waals surface area contributed by atoms with Crippen LogP contribution in [0, 0.1) is 26.9 Å². The van der Waals surface area contributed by atoms with Gasteiger partial charge in [-0.3, -0.25) is 15.0 Å². The van der Waals surface area contributed by atoms with E-state index in [2.05, 4.69) is 20.8 Å². The van der Waals surface area contributed by atoms with E-state index in [0.717, 1.165) is 12.8 Å². The first-order valence-electron chi connectivity index (χ1n) is 7.45. The number of hydroxylamine groups is 2. The average molecular weight is 282 g/mol. The number of ether oxygens (including phenoxy) is 1. The number of hydrogen-bond acceptors (Lipinski definition) is 5. The predicted molar refractivity (Wildman–Crippen MR) is 70.3 cm³/mol. The molecule has 2 bridgehead atoms. The molecule has 0 radical (unpaired) electrons. The van der Waals surface area contributed by atoms with Gasteiger partial charge in [0.25, 0.3) is 5.54 Å². The van der Waals surface area contributed by atoms with Gasteiger partial charge in [-0.2, -0.15) is 0 Å². The second-order valence-corrected chi connectivity index (χ2v) is 7.93. The van der Waals surface area contributed by atoms with E-state index in [1.807, 2.05) is 5.06 Å². The third kappa shape index (κ3) is 1.11. The highest BCUT2D eigenvalue weighted by Gasteiger charge is 2.76. The van der Waals surface area contributed by atoms with Crippen LogP contribution in [0.5, 0.6) is 0 Å². The Morgan fingerprint density at radius 2 is 2.00 bits per heavy atom. The Bertz CT molecular complexity index is 496. The lowest BCUT2D eigenvalue weighted by Crippen LogP contribution is -2.50. The predicted octanol–water partition coefficient (Wildman–Crippen LogP) is 1.82. The van der Waals surface area contributed by atoms with Crippen LogP contribution in [-0.2, 0) is 9.57 Å². The van der Waals surface area contributed by atoms with Crippen LogP contribution in [0.15, 0.2) is 0 Å². The molecular formula is C14H22N2O4. The van der Waals surface area contributed by atoms with E-state index >= 15 is 0 Å². The highest BCUT2D eigenvalue weighted by molar-refractivity contribution is 5.20. The third-order valence-corrected chi connectivity index (χ3v) is 6.98. The molecule has 6 atom stereocenters. The van der Waals surface area contributed by atoms with E-state index in [1.54, 1.807) is 6.92 Å². The number of fused-ring (bicyclic) bond motifs is 7. The van der Waals surface area contributed by atoms with Gasteiger partial charge in [0, 0.05) is 17.3 Å². The smallest absolute Gasteiger partial charge is 0.285 e. The van der Waals surface area contributed by atoms with Crippen LogP contribution in [0.4, 0.5) is 0 Å². The van der Waals surface area contributed by atoms with Gasteiger partial charge in [0.2, 0.25) is 6.23 Å². The molecule has 4 fully saturated rings. The summed E-state index contributed by atoms with van der Waals surface area (Å²) >= 11 is 0. The van der Waals surface area contributed by atoms with E-state index < -0.39 is 11.8 Å². The molecule has 2 heterocycles. The summed E-state index contributed by atoms with van der Waals surface area (Å²) in [6.45, 7) is 8.64. The van der Waals surface area contributed by atoms with Gasteiger partial charge < -0.3 is 4.74 Å². The fraction of sp³-hybridized carbons (Fsp3) is 1.00. The zero-order valence-corrected chi connectivity index (χ0v) is 12.5. The normalized spacial score (nSPS) is 56.0. The van der Waals surface area contributed by atoms with Crippen molar-refractivity contribution >= 4 is 0 Å². The Balaban J connectivity index is 1.74. The highest BCUT2D eigenvalue weighted by atomic mass is 16.8. The van der Waals surface area contributed by atoms with Gasteiger partial charge in [0.1, 0.15) is 6.61 Å². The Morgan fingerprint density at radius 1 is 1.30 bits per heavy atom. The van der Waals surface area contributed by atoms with Gasteiger partial charge in [0.15, 0.2) is 0 Å². The second kappa shape index (κ2) is 3.36. The van der Waals surface area contributed by atoms with Crippen LogP contribution in [0.2, 0.25) is 0 Å². The van der Waals surface area contributed by atoms with Crippen molar-refractivity contribution in [1.29, 1.82) is 0 Å². The van der Waals surface area contributed by atoms with Crippen LogP contribution in [-0.4, -0.2) is 40.5 Å². The highest BCUT2D eigenvalue weighted by Crippen LogP contribution is 2.69. The van der Waals surface area contributed by atoms with Crippen molar-refractivity contribution in [2.24, 2.45) is 16.7 Å². The Labute approximate surface area is 118 Å². The largest absolute Gasteiger partial charge is 0.348 e. The molecule has 6 heteroatoms. The number of nitrogens with zero attached hydrogens (tertiary/aromatic N) is 2. The molecule has 2 saturated carbocycles. The molecule has 0 aromatic carbocycles. The lowest BCUT2D eigenvalue weighted by Gasteiger charge is -2.38. The van der Waals surface area contributed by atoms with E-state index in [1.165, 1.54) is 0 Å². The number of nitro groups is 1. The molecule has 20 heavy (non-hydrogen) atoms. The SMILES string of the molecule is CC1(C)[C@@H]2CC[C@@]1(C)[C@@H]1O[C@@H]3N(OC[C@]3(C)[N+](=O)[O-])[C@H]21. The Hall–Kier alpha value is -0.720. The minimum Gasteiger partial charge on any atom is -0.348 e. The molecule has 0 aromatic heterocycles. The Morgan fingerprint density at radius 3 is 2.65 bits per heavy atom. The fourth-order valence-corrected chi connectivity index (χ4v) is 5.15. The summed E-state index contributed by atoms with van der Waals surface area (Å²) in [5, 5.41) is 13.2. The van der Waals surface area contributed by atoms with Crippen LogP contribution in [0.3, 0.4) is 0 Å². The van der Waals surface area contributed by atoms with Gasteiger partial charge in [-0.25, -0.2) is 0 Å². The molecule has 2 aliphatic carbocycles. The second-order valence-electron chi connectivity index (χ2n) is 7.93. The third-order valence-electron chi connectivity index (χ3n) is 6.98. The Kier molecular flexibility index (Phi) is 2.18. The maximum atomic E-state index is 11.4. The van der Waals surface area contributed by atoms with Crippen molar-refractivity contribution < 1.29 is 14.5 Å². The molecule has 2 saturated heterocycles.